The van der Waals surface area contributed by atoms with Crippen molar-refractivity contribution >= 4 is 34.5 Å². The Hall–Kier alpha value is -4.25. The Balaban J connectivity index is 1.84. The number of benzene rings is 1. The maximum Gasteiger partial charge on any atom is 0.407 e. The summed E-state index contributed by atoms with van der Waals surface area (Å²) in [6, 6.07) is 6.85. The third kappa shape index (κ3) is 4.60. The number of carbonyl (C=O) groups is 1. The first kappa shape index (κ1) is 27.3. The second-order valence-corrected chi connectivity index (χ2v) is 10.6. The molecular weight excluding hydrogens is 539 g/mol. The summed E-state index contributed by atoms with van der Waals surface area (Å²) >= 11 is 6.66. The maximum absolute atomic E-state index is 15.0. The van der Waals surface area contributed by atoms with Gasteiger partial charge in [-0.15, -0.1) is 0 Å². The van der Waals surface area contributed by atoms with Crippen LogP contribution in [-0.2, 0) is 0 Å². The van der Waals surface area contributed by atoms with Crippen molar-refractivity contribution in [1.82, 2.24) is 24.4 Å². The van der Waals surface area contributed by atoms with Crippen molar-refractivity contribution in [3.63, 3.8) is 0 Å². The standard InChI is InChI=1S/C28H28ClFN6O4/c1-14(2)22-24(15(3)8-9-31-22)36-26-17(12-18(29)23(32-26)21-19(30)6-5-7-20(21)37)25(33-27(36)38)34-10-11-35(28(39)40)16(4)13-34/h5-9,12,14,16,37H,10-11,13H2,1-4H3,(H,39,40)/t16-/m1/s1. The Bertz CT molecular complexity index is 1690. The highest BCUT2D eigenvalue weighted by Crippen LogP contribution is 2.39. The highest BCUT2D eigenvalue weighted by atomic mass is 35.5. The molecule has 1 amide bonds. The fourth-order valence-electron chi connectivity index (χ4n) is 5.19. The molecule has 1 fully saturated rings. The molecule has 0 saturated carbocycles. The van der Waals surface area contributed by atoms with Gasteiger partial charge in [-0.3, -0.25) is 4.98 Å². The van der Waals surface area contributed by atoms with Crippen LogP contribution in [-0.4, -0.2) is 66.4 Å². The number of piperazine rings is 1. The third-order valence-corrected chi connectivity index (χ3v) is 7.42. The number of hydrogen-bond donors (Lipinski definition) is 2. The van der Waals surface area contributed by atoms with E-state index in [1.165, 1.54) is 27.7 Å². The van der Waals surface area contributed by atoms with Crippen LogP contribution in [0, 0.1) is 12.7 Å². The van der Waals surface area contributed by atoms with E-state index < -0.39 is 17.6 Å². The van der Waals surface area contributed by atoms with Crippen LogP contribution in [0.1, 0.15) is 37.9 Å². The molecule has 1 aliphatic heterocycles. The minimum Gasteiger partial charge on any atom is -0.507 e. The van der Waals surface area contributed by atoms with Crippen molar-refractivity contribution in [2.45, 2.75) is 39.7 Å². The Morgan fingerprint density at radius 3 is 2.60 bits per heavy atom. The maximum atomic E-state index is 15.0. The third-order valence-electron chi connectivity index (χ3n) is 7.13. The molecule has 12 heteroatoms. The van der Waals surface area contributed by atoms with E-state index in [2.05, 4.69) is 9.97 Å². The van der Waals surface area contributed by atoms with Crippen LogP contribution in [0.4, 0.5) is 15.0 Å². The van der Waals surface area contributed by atoms with Crippen LogP contribution in [0.15, 0.2) is 41.3 Å². The van der Waals surface area contributed by atoms with Crippen LogP contribution in [0.2, 0.25) is 5.02 Å². The summed E-state index contributed by atoms with van der Waals surface area (Å²) in [6.07, 6.45) is 0.646. The van der Waals surface area contributed by atoms with Gasteiger partial charge in [0.2, 0.25) is 0 Å². The van der Waals surface area contributed by atoms with E-state index in [9.17, 15) is 24.2 Å². The van der Waals surface area contributed by atoms with Crippen LogP contribution in [0.25, 0.3) is 28.0 Å². The number of fused-ring (bicyclic) bond motifs is 1. The van der Waals surface area contributed by atoms with E-state index in [1.807, 2.05) is 25.7 Å². The van der Waals surface area contributed by atoms with Crippen molar-refractivity contribution in [1.29, 1.82) is 0 Å². The minimum atomic E-state index is -1.02. The van der Waals surface area contributed by atoms with Gasteiger partial charge in [0.05, 0.1) is 33.0 Å². The second kappa shape index (κ2) is 10.4. The molecule has 5 rings (SSSR count). The van der Waals surface area contributed by atoms with Crippen molar-refractivity contribution in [2.75, 3.05) is 24.5 Å². The fourth-order valence-corrected chi connectivity index (χ4v) is 5.44. The quantitative estimate of drug-likeness (QED) is 0.355. The van der Waals surface area contributed by atoms with E-state index in [4.69, 9.17) is 16.6 Å². The van der Waals surface area contributed by atoms with E-state index in [0.29, 0.717) is 29.1 Å². The summed E-state index contributed by atoms with van der Waals surface area (Å²) in [6.45, 7) is 8.33. The van der Waals surface area contributed by atoms with Crippen molar-refractivity contribution < 1.29 is 19.4 Å². The number of halogens is 2. The van der Waals surface area contributed by atoms with Crippen molar-refractivity contribution in [3.05, 3.63) is 69.1 Å². The zero-order chi connectivity index (χ0) is 28.9. The molecule has 3 aromatic heterocycles. The van der Waals surface area contributed by atoms with Gasteiger partial charge in [0.15, 0.2) is 5.65 Å². The number of aromatic nitrogens is 4. The smallest absolute Gasteiger partial charge is 0.407 e. The number of phenolic OH excluding ortho intramolecular Hbond substituents is 1. The molecule has 0 aliphatic carbocycles. The van der Waals surface area contributed by atoms with E-state index in [-0.39, 0.29) is 52.7 Å². The average Bonchev–Trinajstić information content (AvgIpc) is 2.88. The van der Waals surface area contributed by atoms with E-state index >= 15 is 0 Å². The Kier molecular flexibility index (Phi) is 7.09. The highest BCUT2D eigenvalue weighted by molar-refractivity contribution is 6.34. The van der Waals surface area contributed by atoms with Gasteiger partial charge < -0.3 is 20.0 Å². The minimum absolute atomic E-state index is 0.0354. The predicted octanol–water partition coefficient (Wildman–Crippen LogP) is 4.96. The first-order valence-corrected chi connectivity index (χ1v) is 13.2. The number of aromatic hydroxyl groups is 1. The molecule has 40 heavy (non-hydrogen) atoms. The normalized spacial score (nSPS) is 15.7. The molecule has 0 bridgehead atoms. The number of anilines is 1. The summed E-state index contributed by atoms with van der Waals surface area (Å²) < 4.78 is 16.3. The number of aryl methyl sites for hydroxylation is 1. The number of phenols is 1. The predicted molar refractivity (Wildman–Crippen MR) is 150 cm³/mol. The number of nitrogens with zero attached hydrogens (tertiary/aromatic N) is 6. The average molecular weight is 567 g/mol. The second-order valence-electron chi connectivity index (χ2n) is 10.2. The lowest BCUT2D eigenvalue weighted by molar-refractivity contribution is 0.122. The van der Waals surface area contributed by atoms with E-state index in [0.717, 1.165) is 5.56 Å². The Morgan fingerprint density at radius 2 is 1.95 bits per heavy atom. The van der Waals surface area contributed by atoms with Crippen molar-refractivity contribution in [2.24, 2.45) is 0 Å². The summed E-state index contributed by atoms with van der Waals surface area (Å²) in [5.41, 5.74) is 1.21. The SMILES string of the molecule is Cc1ccnc(C(C)C)c1-n1c(=O)nc(N2CCN(C(=O)O)[C@H](C)C2)c2cc(Cl)c(-c3c(O)cccc3F)nc21. The Morgan fingerprint density at radius 1 is 1.20 bits per heavy atom. The largest absolute Gasteiger partial charge is 0.507 e. The molecule has 1 atom stereocenters. The molecule has 1 saturated heterocycles. The molecule has 2 N–H and O–H groups in total. The first-order chi connectivity index (χ1) is 19.0. The summed E-state index contributed by atoms with van der Waals surface area (Å²) in [7, 11) is 0. The van der Waals surface area contributed by atoms with Crippen LogP contribution in [0.3, 0.4) is 0 Å². The topological polar surface area (TPSA) is 125 Å². The zero-order valence-corrected chi connectivity index (χ0v) is 23.1. The van der Waals surface area contributed by atoms with Gasteiger partial charge in [0, 0.05) is 31.9 Å². The van der Waals surface area contributed by atoms with Gasteiger partial charge in [0.25, 0.3) is 0 Å². The number of carboxylic acid groups (broad SMARTS) is 1. The fraction of sp³-hybridized carbons (Fsp3) is 0.321. The van der Waals surface area contributed by atoms with Gasteiger partial charge in [-0.05, 0) is 49.6 Å². The van der Waals surface area contributed by atoms with Gasteiger partial charge in [-0.25, -0.2) is 23.5 Å². The van der Waals surface area contributed by atoms with Crippen LogP contribution >= 0.6 is 11.6 Å². The molecule has 0 unspecified atom stereocenters. The molecule has 1 aromatic carbocycles. The number of hydrogen-bond acceptors (Lipinski definition) is 7. The molecule has 1 aliphatic rings. The highest BCUT2D eigenvalue weighted by Gasteiger charge is 2.31. The van der Waals surface area contributed by atoms with Gasteiger partial charge in [-0.2, -0.15) is 4.98 Å². The van der Waals surface area contributed by atoms with Crippen LogP contribution < -0.4 is 10.6 Å². The summed E-state index contributed by atoms with van der Waals surface area (Å²) in [5.74, 6) is -0.838. The number of rotatable bonds is 4. The monoisotopic (exact) mass is 566 g/mol. The summed E-state index contributed by atoms with van der Waals surface area (Å²) in [4.78, 5) is 42.3. The summed E-state index contributed by atoms with van der Waals surface area (Å²) in [5, 5.41) is 20.5. The lowest BCUT2D eigenvalue weighted by Gasteiger charge is -2.39. The molecule has 208 valence electrons. The van der Waals surface area contributed by atoms with Gasteiger partial charge >= 0.3 is 11.8 Å². The molecule has 0 spiro atoms. The Labute approximate surface area is 234 Å². The van der Waals surface area contributed by atoms with Crippen molar-refractivity contribution in [3.8, 4) is 22.7 Å². The molecule has 10 nitrogen and oxygen atoms in total. The lowest BCUT2D eigenvalue weighted by Crippen LogP contribution is -2.54. The molecule has 4 aromatic rings. The number of amides is 1. The molecule has 4 heterocycles. The zero-order valence-electron chi connectivity index (χ0n) is 22.4. The van der Waals surface area contributed by atoms with E-state index in [1.54, 1.807) is 25.3 Å². The van der Waals surface area contributed by atoms with Gasteiger partial charge in [-0.1, -0.05) is 31.5 Å². The molecular formula is C28H28ClFN6O4. The van der Waals surface area contributed by atoms with Gasteiger partial charge in [0.1, 0.15) is 17.4 Å². The number of pyridine rings is 2. The van der Waals surface area contributed by atoms with Crippen LogP contribution in [0.5, 0.6) is 5.75 Å². The molecule has 0 radical (unpaired) electrons. The lowest BCUT2D eigenvalue weighted by atomic mass is 10.0. The first-order valence-electron chi connectivity index (χ1n) is 12.8.